The summed E-state index contributed by atoms with van der Waals surface area (Å²) in [6.45, 7) is 6.42. The van der Waals surface area contributed by atoms with E-state index in [1.807, 2.05) is 0 Å². The van der Waals surface area contributed by atoms with Gasteiger partial charge in [-0.25, -0.2) is 0 Å². The van der Waals surface area contributed by atoms with Gasteiger partial charge in [0.15, 0.2) is 0 Å². The van der Waals surface area contributed by atoms with Crippen molar-refractivity contribution in [3.63, 3.8) is 0 Å². The molecule has 0 fully saturated rings. The fourth-order valence-electron chi connectivity index (χ4n) is 1.97. The number of hydrogen-bond donors (Lipinski definition) is 0. The molecule has 1 unspecified atom stereocenters. The number of benzene rings is 2. The first kappa shape index (κ1) is 13.8. The van der Waals surface area contributed by atoms with E-state index < -0.39 is 0 Å². The van der Waals surface area contributed by atoms with Crippen molar-refractivity contribution >= 4 is 31.9 Å². The third kappa shape index (κ3) is 2.70. The van der Waals surface area contributed by atoms with Crippen LogP contribution >= 0.6 is 31.9 Å². The van der Waals surface area contributed by atoms with Crippen LogP contribution in [0.2, 0.25) is 0 Å². The van der Waals surface area contributed by atoms with E-state index in [0.717, 1.165) is 0 Å². The van der Waals surface area contributed by atoms with Gasteiger partial charge in [-0.1, -0.05) is 68.3 Å². The Morgan fingerprint density at radius 3 is 2.28 bits per heavy atom. The lowest BCUT2D eigenvalue weighted by Gasteiger charge is -2.15. The maximum atomic E-state index is 3.81. The first-order valence-corrected chi connectivity index (χ1v) is 7.68. The summed E-state index contributed by atoms with van der Waals surface area (Å²) in [5, 5.41) is 0. The molecule has 0 amide bonds. The normalized spacial score (nSPS) is 12.5. The first-order chi connectivity index (χ1) is 8.50. The Morgan fingerprint density at radius 2 is 1.61 bits per heavy atom. The molecule has 0 bridgehead atoms. The summed E-state index contributed by atoms with van der Waals surface area (Å²) in [7, 11) is 0. The van der Waals surface area contributed by atoms with Gasteiger partial charge in [-0.2, -0.15) is 0 Å². The number of halogens is 2. The first-order valence-electron chi connectivity index (χ1n) is 5.97. The molecule has 2 heteroatoms. The van der Waals surface area contributed by atoms with Gasteiger partial charge in [0.25, 0.3) is 0 Å². The quantitative estimate of drug-likeness (QED) is 0.583. The van der Waals surface area contributed by atoms with E-state index in [1.54, 1.807) is 0 Å². The molecule has 0 aliphatic heterocycles. The molecule has 1 atom stereocenters. The third-order valence-electron chi connectivity index (χ3n) is 3.32. The molecule has 0 nitrogen and oxygen atoms in total. The molecule has 0 aliphatic rings. The Balaban J connectivity index is 2.44. The average molecular weight is 368 g/mol. The highest BCUT2D eigenvalue weighted by Gasteiger charge is 2.14. The maximum absolute atomic E-state index is 3.81. The van der Waals surface area contributed by atoms with Crippen LogP contribution in [0, 0.1) is 20.8 Å². The van der Waals surface area contributed by atoms with Crippen LogP contribution in [0.1, 0.15) is 32.6 Å². The van der Waals surface area contributed by atoms with E-state index >= 15 is 0 Å². The number of alkyl halides is 1. The number of hydrogen-bond acceptors (Lipinski definition) is 0. The van der Waals surface area contributed by atoms with Gasteiger partial charge in [0.2, 0.25) is 0 Å². The highest BCUT2D eigenvalue weighted by atomic mass is 79.9. The van der Waals surface area contributed by atoms with Gasteiger partial charge in [-0.05, 0) is 48.6 Å². The average Bonchev–Trinajstić information content (AvgIpc) is 2.35. The number of aryl methyl sites for hydroxylation is 3. The molecular weight excluding hydrogens is 352 g/mol. The second kappa shape index (κ2) is 5.58. The predicted octanol–water partition coefficient (Wildman–Crippen LogP) is 5.86. The summed E-state index contributed by atoms with van der Waals surface area (Å²) in [6.07, 6.45) is 0. The van der Waals surface area contributed by atoms with Crippen LogP contribution in [0.4, 0.5) is 0 Å². The van der Waals surface area contributed by atoms with Gasteiger partial charge in [0.05, 0.1) is 4.83 Å². The van der Waals surface area contributed by atoms with Crippen LogP contribution in [-0.4, -0.2) is 0 Å². The molecule has 0 heterocycles. The second-order valence-corrected chi connectivity index (χ2v) is 6.39. The summed E-state index contributed by atoms with van der Waals surface area (Å²) in [5.74, 6) is 0. The molecule has 0 aromatic heterocycles. The van der Waals surface area contributed by atoms with E-state index in [4.69, 9.17) is 0 Å². The number of rotatable bonds is 2. The van der Waals surface area contributed by atoms with Gasteiger partial charge in [0, 0.05) is 4.47 Å². The van der Waals surface area contributed by atoms with Gasteiger partial charge in [-0.3, -0.25) is 0 Å². The Bertz CT molecular complexity index is 573. The summed E-state index contributed by atoms with van der Waals surface area (Å²) in [5.41, 5.74) is 6.51. The second-order valence-electron chi connectivity index (χ2n) is 4.68. The van der Waals surface area contributed by atoms with Crippen molar-refractivity contribution in [3.8, 4) is 0 Å². The summed E-state index contributed by atoms with van der Waals surface area (Å²) in [6, 6.07) is 13.0. The van der Waals surface area contributed by atoms with E-state index in [1.165, 1.54) is 32.3 Å². The molecule has 0 aliphatic carbocycles. The SMILES string of the molecule is Cc1ccc(C(Br)c2cccc(C)c2Br)cc1C. The zero-order valence-electron chi connectivity index (χ0n) is 10.8. The zero-order chi connectivity index (χ0) is 13.3. The van der Waals surface area contributed by atoms with Crippen LogP contribution in [0.15, 0.2) is 40.9 Å². The van der Waals surface area contributed by atoms with E-state index in [2.05, 4.69) is 89.0 Å². The Kier molecular flexibility index (Phi) is 4.29. The minimum Gasteiger partial charge on any atom is -0.0786 e. The summed E-state index contributed by atoms with van der Waals surface area (Å²) in [4.78, 5) is 0.228. The highest BCUT2D eigenvalue weighted by molar-refractivity contribution is 9.11. The molecule has 0 saturated heterocycles. The van der Waals surface area contributed by atoms with Crippen molar-refractivity contribution in [1.29, 1.82) is 0 Å². The summed E-state index contributed by atoms with van der Waals surface area (Å²) < 4.78 is 1.19. The molecule has 0 spiro atoms. The molecule has 18 heavy (non-hydrogen) atoms. The maximum Gasteiger partial charge on any atom is 0.0655 e. The monoisotopic (exact) mass is 366 g/mol. The molecule has 94 valence electrons. The minimum atomic E-state index is 0.228. The fourth-order valence-corrected chi connectivity index (χ4v) is 3.43. The van der Waals surface area contributed by atoms with Crippen molar-refractivity contribution in [2.75, 3.05) is 0 Å². The Hall–Kier alpha value is -0.600. The van der Waals surface area contributed by atoms with Gasteiger partial charge in [-0.15, -0.1) is 0 Å². The molecular formula is C16H16Br2. The molecule has 0 N–H and O–H groups in total. The van der Waals surface area contributed by atoms with E-state index in [9.17, 15) is 0 Å². The smallest absolute Gasteiger partial charge is 0.0655 e. The predicted molar refractivity (Wildman–Crippen MR) is 85.6 cm³/mol. The topological polar surface area (TPSA) is 0 Å². The highest BCUT2D eigenvalue weighted by Crippen LogP contribution is 2.37. The summed E-state index contributed by atoms with van der Waals surface area (Å²) >= 11 is 7.49. The van der Waals surface area contributed by atoms with Gasteiger partial charge in [0.1, 0.15) is 0 Å². The van der Waals surface area contributed by atoms with Crippen molar-refractivity contribution in [3.05, 3.63) is 68.7 Å². The zero-order valence-corrected chi connectivity index (χ0v) is 14.0. The Labute approximate surface area is 126 Å². The molecule has 2 aromatic rings. The largest absolute Gasteiger partial charge is 0.0786 e. The van der Waals surface area contributed by atoms with Crippen LogP contribution in [0.5, 0.6) is 0 Å². The van der Waals surface area contributed by atoms with Crippen molar-refractivity contribution in [2.24, 2.45) is 0 Å². The van der Waals surface area contributed by atoms with E-state index in [-0.39, 0.29) is 4.83 Å². The van der Waals surface area contributed by atoms with Crippen molar-refractivity contribution in [2.45, 2.75) is 25.6 Å². The molecule has 0 saturated carbocycles. The lowest BCUT2D eigenvalue weighted by molar-refractivity contribution is 1.13. The Morgan fingerprint density at radius 1 is 0.889 bits per heavy atom. The lowest BCUT2D eigenvalue weighted by atomic mass is 9.99. The van der Waals surface area contributed by atoms with Gasteiger partial charge < -0.3 is 0 Å². The van der Waals surface area contributed by atoms with E-state index in [0.29, 0.717) is 0 Å². The minimum absolute atomic E-state index is 0.228. The molecule has 2 aromatic carbocycles. The van der Waals surface area contributed by atoms with Crippen LogP contribution in [0.3, 0.4) is 0 Å². The molecule has 0 radical (unpaired) electrons. The van der Waals surface area contributed by atoms with Crippen molar-refractivity contribution in [1.82, 2.24) is 0 Å². The third-order valence-corrected chi connectivity index (χ3v) is 5.42. The fraction of sp³-hybridized carbons (Fsp3) is 0.250. The van der Waals surface area contributed by atoms with Crippen LogP contribution < -0.4 is 0 Å². The van der Waals surface area contributed by atoms with Crippen LogP contribution in [0.25, 0.3) is 0 Å². The van der Waals surface area contributed by atoms with Crippen LogP contribution in [-0.2, 0) is 0 Å². The standard InChI is InChI=1S/C16H16Br2/c1-10-7-8-13(9-12(10)3)16(18)14-6-4-5-11(2)15(14)17/h4-9,16H,1-3H3. The molecule has 2 rings (SSSR count). The van der Waals surface area contributed by atoms with Crippen molar-refractivity contribution < 1.29 is 0 Å². The lowest BCUT2D eigenvalue weighted by Crippen LogP contribution is -1.96. The van der Waals surface area contributed by atoms with Gasteiger partial charge >= 0.3 is 0 Å².